The second kappa shape index (κ2) is 6.33. The summed E-state index contributed by atoms with van der Waals surface area (Å²) in [5.41, 5.74) is 1.46. The van der Waals surface area contributed by atoms with Crippen molar-refractivity contribution in [3.05, 3.63) is 35.6 Å². The van der Waals surface area contributed by atoms with Crippen molar-refractivity contribution in [2.24, 2.45) is 11.3 Å². The first-order valence-corrected chi connectivity index (χ1v) is 6.77. The summed E-state index contributed by atoms with van der Waals surface area (Å²) in [7, 11) is 0. The van der Waals surface area contributed by atoms with E-state index in [9.17, 15) is 4.39 Å². The molecule has 0 saturated heterocycles. The number of hydrogen-bond acceptors (Lipinski definition) is 1. The molecule has 2 heteroatoms. The molecule has 0 spiro atoms. The second-order valence-electron chi connectivity index (χ2n) is 6.46. The first-order chi connectivity index (χ1) is 8.29. The maximum Gasteiger partial charge on any atom is 0.123 e. The molecule has 1 atom stereocenters. The van der Waals surface area contributed by atoms with Crippen LogP contribution in [0.4, 0.5) is 4.39 Å². The van der Waals surface area contributed by atoms with Crippen molar-refractivity contribution in [3.8, 4) is 0 Å². The molecule has 0 heterocycles. The van der Waals surface area contributed by atoms with E-state index in [4.69, 9.17) is 0 Å². The van der Waals surface area contributed by atoms with E-state index < -0.39 is 0 Å². The summed E-state index contributed by atoms with van der Waals surface area (Å²) in [5, 5.41) is 3.51. The largest absolute Gasteiger partial charge is 0.314 e. The van der Waals surface area contributed by atoms with Crippen LogP contribution >= 0.6 is 0 Å². The highest BCUT2D eigenvalue weighted by Crippen LogP contribution is 2.28. The molecule has 0 aliphatic heterocycles. The van der Waals surface area contributed by atoms with Crippen molar-refractivity contribution in [2.45, 2.75) is 47.1 Å². The van der Waals surface area contributed by atoms with Crippen molar-refractivity contribution in [2.75, 3.05) is 6.54 Å². The number of hydrogen-bond donors (Lipinski definition) is 1. The van der Waals surface area contributed by atoms with Crippen LogP contribution in [0.5, 0.6) is 0 Å². The van der Waals surface area contributed by atoms with Crippen LogP contribution in [0.25, 0.3) is 0 Å². The Morgan fingerprint density at radius 2 is 1.67 bits per heavy atom. The fourth-order valence-electron chi connectivity index (χ4n) is 1.97. The van der Waals surface area contributed by atoms with Crippen LogP contribution in [0.2, 0.25) is 0 Å². The average Bonchev–Trinajstić information content (AvgIpc) is 2.24. The first-order valence-electron chi connectivity index (χ1n) is 6.77. The Bertz CT molecular complexity index is 348. The average molecular weight is 251 g/mol. The SMILES string of the molecule is CC(C)NCC(Cc1ccc(F)cc1)C(C)(C)C. The molecule has 0 aliphatic carbocycles. The van der Waals surface area contributed by atoms with E-state index in [0.29, 0.717) is 12.0 Å². The molecule has 0 fully saturated rings. The summed E-state index contributed by atoms with van der Waals surface area (Å²) in [6.45, 7) is 12.1. The first kappa shape index (κ1) is 15.2. The molecule has 102 valence electrons. The Hall–Kier alpha value is -0.890. The topological polar surface area (TPSA) is 12.0 Å². The Morgan fingerprint density at radius 1 is 1.11 bits per heavy atom. The predicted molar refractivity (Wildman–Crippen MR) is 76.2 cm³/mol. The fraction of sp³-hybridized carbons (Fsp3) is 0.625. The minimum Gasteiger partial charge on any atom is -0.314 e. The lowest BCUT2D eigenvalue weighted by Gasteiger charge is -2.32. The summed E-state index contributed by atoms with van der Waals surface area (Å²) in [5.74, 6) is 0.386. The number of nitrogens with one attached hydrogen (secondary N) is 1. The standard InChI is InChI=1S/C16H26FN/c1-12(2)18-11-14(16(3,4)5)10-13-6-8-15(17)9-7-13/h6-9,12,14,18H,10-11H2,1-5H3. The van der Waals surface area contributed by atoms with Gasteiger partial charge in [-0.1, -0.05) is 46.8 Å². The van der Waals surface area contributed by atoms with E-state index in [1.807, 2.05) is 12.1 Å². The third-order valence-corrected chi connectivity index (χ3v) is 3.39. The van der Waals surface area contributed by atoms with Gasteiger partial charge in [0.15, 0.2) is 0 Å². The van der Waals surface area contributed by atoms with E-state index in [0.717, 1.165) is 13.0 Å². The van der Waals surface area contributed by atoms with Crippen LogP contribution in [0.3, 0.4) is 0 Å². The molecular weight excluding hydrogens is 225 g/mol. The van der Waals surface area contributed by atoms with Gasteiger partial charge in [-0.3, -0.25) is 0 Å². The van der Waals surface area contributed by atoms with Crippen molar-refractivity contribution in [3.63, 3.8) is 0 Å². The summed E-state index contributed by atoms with van der Waals surface area (Å²) < 4.78 is 12.9. The van der Waals surface area contributed by atoms with Gasteiger partial charge in [0.05, 0.1) is 0 Å². The molecule has 1 N–H and O–H groups in total. The summed E-state index contributed by atoms with van der Waals surface area (Å²) in [6, 6.07) is 7.38. The highest BCUT2D eigenvalue weighted by Gasteiger charge is 2.24. The van der Waals surface area contributed by atoms with E-state index in [-0.39, 0.29) is 11.2 Å². The lowest BCUT2D eigenvalue weighted by Crippen LogP contribution is -2.36. The van der Waals surface area contributed by atoms with Crippen LogP contribution in [-0.2, 0) is 6.42 Å². The third-order valence-electron chi connectivity index (χ3n) is 3.39. The zero-order valence-electron chi connectivity index (χ0n) is 12.3. The molecule has 0 aliphatic rings. The van der Waals surface area contributed by atoms with Gasteiger partial charge in [0, 0.05) is 6.04 Å². The van der Waals surface area contributed by atoms with Crippen molar-refractivity contribution >= 4 is 0 Å². The number of benzene rings is 1. The van der Waals surface area contributed by atoms with Crippen LogP contribution in [0.15, 0.2) is 24.3 Å². The van der Waals surface area contributed by atoms with Crippen LogP contribution < -0.4 is 5.32 Å². The number of rotatable bonds is 5. The third kappa shape index (κ3) is 5.18. The Balaban J connectivity index is 2.69. The molecule has 0 radical (unpaired) electrons. The van der Waals surface area contributed by atoms with Gasteiger partial charge in [-0.15, -0.1) is 0 Å². The van der Waals surface area contributed by atoms with E-state index in [1.165, 1.54) is 5.56 Å². The van der Waals surface area contributed by atoms with Crippen LogP contribution in [0, 0.1) is 17.2 Å². The van der Waals surface area contributed by atoms with Gasteiger partial charge in [-0.25, -0.2) is 4.39 Å². The molecule has 0 saturated carbocycles. The van der Waals surface area contributed by atoms with Crippen LogP contribution in [0.1, 0.15) is 40.2 Å². The molecule has 1 rings (SSSR count). The van der Waals surface area contributed by atoms with E-state index >= 15 is 0 Å². The molecule has 18 heavy (non-hydrogen) atoms. The fourth-order valence-corrected chi connectivity index (χ4v) is 1.97. The van der Waals surface area contributed by atoms with Gasteiger partial charge in [0.1, 0.15) is 5.82 Å². The van der Waals surface area contributed by atoms with Gasteiger partial charge in [0.2, 0.25) is 0 Å². The van der Waals surface area contributed by atoms with Crippen molar-refractivity contribution < 1.29 is 4.39 Å². The highest BCUT2D eigenvalue weighted by molar-refractivity contribution is 5.17. The Kier molecular flexibility index (Phi) is 5.33. The molecule has 1 unspecified atom stereocenters. The molecule has 1 aromatic rings. The maximum atomic E-state index is 12.9. The normalized spacial score (nSPS) is 13.9. The van der Waals surface area contributed by atoms with Gasteiger partial charge >= 0.3 is 0 Å². The molecular formula is C16H26FN. The predicted octanol–water partition coefficient (Wildman–Crippen LogP) is 4.03. The monoisotopic (exact) mass is 251 g/mol. The van der Waals surface area contributed by atoms with Gasteiger partial charge in [0.25, 0.3) is 0 Å². The molecule has 1 aromatic carbocycles. The van der Waals surface area contributed by atoms with E-state index in [2.05, 4.69) is 39.9 Å². The summed E-state index contributed by atoms with van der Waals surface area (Å²) >= 11 is 0. The van der Waals surface area contributed by atoms with Crippen LogP contribution in [-0.4, -0.2) is 12.6 Å². The lowest BCUT2D eigenvalue weighted by atomic mass is 9.77. The number of halogens is 1. The highest BCUT2D eigenvalue weighted by atomic mass is 19.1. The maximum absolute atomic E-state index is 12.9. The minimum absolute atomic E-state index is 0.161. The summed E-state index contributed by atoms with van der Waals surface area (Å²) in [6.07, 6.45) is 0.990. The molecule has 0 aromatic heterocycles. The molecule has 0 bridgehead atoms. The van der Waals surface area contributed by atoms with E-state index in [1.54, 1.807) is 12.1 Å². The molecule has 1 nitrogen and oxygen atoms in total. The lowest BCUT2D eigenvalue weighted by molar-refractivity contribution is 0.226. The summed E-state index contributed by atoms with van der Waals surface area (Å²) in [4.78, 5) is 0. The van der Waals surface area contributed by atoms with Gasteiger partial charge in [-0.2, -0.15) is 0 Å². The minimum atomic E-state index is -0.161. The molecule has 0 amide bonds. The zero-order chi connectivity index (χ0) is 13.8. The smallest absolute Gasteiger partial charge is 0.123 e. The van der Waals surface area contributed by atoms with Gasteiger partial charge in [-0.05, 0) is 42.0 Å². The second-order valence-corrected chi connectivity index (χ2v) is 6.46. The zero-order valence-corrected chi connectivity index (χ0v) is 12.3. The Labute approximate surface area is 111 Å². The van der Waals surface area contributed by atoms with Gasteiger partial charge < -0.3 is 5.32 Å². The quantitative estimate of drug-likeness (QED) is 0.833. The van der Waals surface area contributed by atoms with Crippen molar-refractivity contribution in [1.29, 1.82) is 0 Å². The Morgan fingerprint density at radius 3 is 2.11 bits per heavy atom. The van der Waals surface area contributed by atoms with Crippen molar-refractivity contribution in [1.82, 2.24) is 5.32 Å².